The fourth-order valence-corrected chi connectivity index (χ4v) is 2.25. The lowest BCUT2D eigenvalue weighted by Crippen LogP contribution is -2.28. The molecule has 0 spiro atoms. The number of urea groups is 1. The molecule has 26 heavy (non-hydrogen) atoms. The maximum Gasteiger partial charge on any atom is 0.319 e. The zero-order valence-corrected chi connectivity index (χ0v) is 15.2. The Bertz CT molecular complexity index is 722. The molecule has 0 radical (unpaired) electrons. The van der Waals surface area contributed by atoms with Crippen LogP contribution < -0.4 is 20.1 Å². The number of halogens is 1. The van der Waals surface area contributed by atoms with Crippen molar-refractivity contribution in [3.63, 3.8) is 0 Å². The van der Waals surface area contributed by atoms with Gasteiger partial charge in [0.25, 0.3) is 0 Å². The van der Waals surface area contributed by atoms with Gasteiger partial charge in [0.15, 0.2) is 11.5 Å². The summed E-state index contributed by atoms with van der Waals surface area (Å²) in [6.07, 6.45) is 1.77. The molecule has 2 amide bonds. The molecular weight excluding hydrogens is 335 g/mol. The van der Waals surface area contributed by atoms with E-state index in [0.717, 1.165) is 12.8 Å². The van der Waals surface area contributed by atoms with Gasteiger partial charge in [-0.2, -0.15) is 0 Å². The molecule has 2 aromatic rings. The summed E-state index contributed by atoms with van der Waals surface area (Å²) < 4.78 is 24.5. The minimum Gasteiger partial charge on any atom is -0.490 e. The van der Waals surface area contributed by atoms with Crippen LogP contribution in [-0.2, 0) is 6.54 Å². The Morgan fingerprint density at radius 1 is 1.00 bits per heavy atom. The van der Waals surface area contributed by atoms with Crippen molar-refractivity contribution in [2.24, 2.45) is 0 Å². The molecule has 2 rings (SSSR count). The van der Waals surface area contributed by atoms with Crippen molar-refractivity contribution in [1.82, 2.24) is 5.32 Å². The number of nitrogens with one attached hydrogen (secondary N) is 2. The van der Waals surface area contributed by atoms with E-state index in [-0.39, 0.29) is 18.4 Å². The van der Waals surface area contributed by atoms with Gasteiger partial charge in [-0.05, 0) is 42.7 Å². The third kappa shape index (κ3) is 6.27. The number of carbonyl (C=O) groups is 1. The van der Waals surface area contributed by atoms with Crippen LogP contribution in [0, 0.1) is 5.82 Å². The van der Waals surface area contributed by atoms with Crippen molar-refractivity contribution in [3.05, 3.63) is 53.8 Å². The lowest BCUT2D eigenvalue weighted by atomic mass is 10.2. The molecule has 0 fully saturated rings. The van der Waals surface area contributed by atoms with Gasteiger partial charge in [-0.1, -0.05) is 26.0 Å². The summed E-state index contributed by atoms with van der Waals surface area (Å²) in [5.41, 5.74) is 1.28. The zero-order chi connectivity index (χ0) is 18.8. The SMILES string of the molecule is CCCOc1ccc(NC(=O)NCc2cccc(F)c2)cc1OCCC. The average molecular weight is 360 g/mol. The van der Waals surface area contributed by atoms with E-state index in [1.807, 2.05) is 13.8 Å². The Morgan fingerprint density at radius 2 is 1.73 bits per heavy atom. The molecule has 0 saturated carbocycles. The third-order valence-electron chi connectivity index (χ3n) is 3.47. The predicted molar refractivity (Wildman–Crippen MR) is 100 cm³/mol. The van der Waals surface area contributed by atoms with Crippen LogP contribution in [0.2, 0.25) is 0 Å². The summed E-state index contributed by atoms with van der Waals surface area (Å²) in [6, 6.07) is 11.0. The molecule has 0 atom stereocenters. The Kier molecular flexibility index (Phi) is 7.74. The van der Waals surface area contributed by atoms with E-state index in [9.17, 15) is 9.18 Å². The normalized spacial score (nSPS) is 10.3. The lowest BCUT2D eigenvalue weighted by Gasteiger charge is -2.14. The molecule has 6 heteroatoms. The van der Waals surface area contributed by atoms with Crippen LogP contribution in [0.25, 0.3) is 0 Å². The molecule has 0 saturated heterocycles. The molecule has 0 heterocycles. The largest absolute Gasteiger partial charge is 0.490 e. The Morgan fingerprint density at radius 3 is 2.42 bits per heavy atom. The number of hydrogen-bond donors (Lipinski definition) is 2. The number of ether oxygens (including phenoxy) is 2. The van der Waals surface area contributed by atoms with Crippen LogP contribution in [-0.4, -0.2) is 19.2 Å². The smallest absolute Gasteiger partial charge is 0.319 e. The number of benzene rings is 2. The van der Waals surface area contributed by atoms with Crippen LogP contribution in [0.15, 0.2) is 42.5 Å². The van der Waals surface area contributed by atoms with Gasteiger partial charge in [-0.25, -0.2) is 9.18 Å². The Balaban J connectivity index is 1.97. The first-order valence-electron chi connectivity index (χ1n) is 8.81. The molecule has 0 aliphatic carbocycles. The van der Waals surface area contributed by atoms with E-state index in [2.05, 4.69) is 10.6 Å². The molecule has 0 unspecified atom stereocenters. The van der Waals surface area contributed by atoms with E-state index in [0.29, 0.717) is 36.0 Å². The summed E-state index contributed by atoms with van der Waals surface area (Å²) in [7, 11) is 0. The summed E-state index contributed by atoms with van der Waals surface area (Å²) in [5, 5.41) is 5.44. The topological polar surface area (TPSA) is 59.6 Å². The summed E-state index contributed by atoms with van der Waals surface area (Å²) in [5.74, 6) is 0.930. The first-order chi connectivity index (χ1) is 12.6. The predicted octanol–water partition coefficient (Wildman–Crippen LogP) is 4.73. The highest BCUT2D eigenvalue weighted by molar-refractivity contribution is 5.89. The van der Waals surface area contributed by atoms with E-state index in [1.165, 1.54) is 12.1 Å². The van der Waals surface area contributed by atoms with Crippen molar-refractivity contribution < 1.29 is 18.7 Å². The number of anilines is 1. The van der Waals surface area contributed by atoms with Gasteiger partial charge in [0, 0.05) is 18.3 Å². The second-order valence-corrected chi connectivity index (χ2v) is 5.80. The Labute approximate surface area is 153 Å². The number of rotatable bonds is 9. The average Bonchev–Trinajstić information content (AvgIpc) is 2.64. The molecule has 5 nitrogen and oxygen atoms in total. The van der Waals surface area contributed by atoms with Crippen LogP contribution >= 0.6 is 0 Å². The first kappa shape index (κ1) is 19.6. The van der Waals surface area contributed by atoms with Crippen molar-refractivity contribution in [3.8, 4) is 11.5 Å². The zero-order valence-electron chi connectivity index (χ0n) is 15.2. The fraction of sp³-hybridized carbons (Fsp3) is 0.350. The van der Waals surface area contributed by atoms with E-state index in [4.69, 9.17) is 9.47 Å². The molecule has 0 aromatic heterocycles. The van der Waals surface area contributed by atoms with Gasteiger partial charge < -0.3 is 20.1 Å². The lowest BCUT2D eigenvalue weighted by molar-refractivity contribution is 0.251. The van der Waals surface area contributed by atoms with E-state index < -0.39 is 0 Å². The minimum absolute atomic E-state index is 0.237. The van der Waals surface area contributed by atoms with E-state index in [1.54, 1.807) is 30.3 Å². The molecular formula is C20H25FN2O3. The highest BCUT2D eigenvalue weighted by Gasteiger charge is 2.09. The second kappa shape index (κ2) is 10.3. The van der Waals surface area contributed by atoms with Crippen molar-refractivity contribution in [1.29, 1.82) is 0 Å². The number of hydrogen-bond acceptors (Lipinski definition) is 3. The molecule has 0 aliphatic rings. The summed E-state index contributed by atoms with van der Waals surface area (Å²) in [4.78, 5) is 12.1. The van der Waals surface area contributed by atoms with Gasteiger partial charge in [-0.15, -0.1) is 0 Å². The van der Waals surface area contributed by atoms with Crippen LogP contribution in [0.1, 0.15) is 32.3 Å². The van der Waals surface area contributed by atoms with Gasteiger partial charge in [-0.3, -0.25) is 0 Å². The maximum absolute atomic E-state index is 13.2. The van der Waals surface area contributed by atoms with Crippen molar-refractivity contribution in [2.45, 2.75) is 33.2 Å². The van der Waals surface area contributed by atoms with Gasteiger partial charge in [0.1, 0.15) is 5.82 Å². The molecule has 2 aromatic carbocycles. The van der Waals surface area contributed by atoms with Crippen molar-refractivity contribution in [2.75, 3.05) is 18.5 Å². The molecule has 0 bridgehead atoms. The molecule has 0 aliphatic heterocycles. The summed E-state index contributed by atoms with van der Waals surface area (Å²) in [6.45, 7) is 5.46. The molecule has 140 valence electrons. The van der Waals surface area contributed by atoms with Gasteiger partial charge in [0.05, 0.1) is 13.2 Å². The van der Waals surface area contributed by atoms with Crippen LogP contribution in [0.5, 0.6) is 11.5 Å². The fourth-order valence-electron chi connectivity index (χ4n) is 2.25. The minimum atomic E-state index is -0.377. The maximum atomic E-state index is 13.2. The quantitative estimate of drug-likeness (QED) is 0.680. The number of amides is 2. The second-order valence-electron chi connectivity index (χ2n) is 5.80. The molecule has 2 N–H and O–H groups in total. The van der Waals surface area contributed by atoms with Crippen LogP contribution in [0.3, 0.4) is 0 Å². The standard InChI is InChI=1S/C20H25FN2O3/c1-3-10-25-18-9-8-17(13-19(18)26-11-4-2)23-20(24)22-14-15-6-5-7-16(21)12-15/h5-9,12-13H,3-4,10-11,14H2,1-2H3,(H2,22,23,24). The van der Waals surface area contributed by atoms with Gasteiger partial charge in [0.2, 0.25) is 0 Å². The first-order valence-corrected chi connectivity index (χ1v) is 8.81. The highest BCUT2D eigenvalue weighted by atomic mass is 19.1. The monoisotopic (exact) mass is 360 g/mol. The Hall–Kier alpha value is -2.76. The number of carbonyl (C=O) groups excluding carboxylic acids is 1. The highest BCUT2D eigenvalue weighted by Crippen LogP contribution is 2.31. The van der Waals surface area contributed by atoms with Crippen LogP contribution in [0.4, 0.5) is 14.9 Å². The van der Waals surface area contributed by atoms with Crippen molar-refractivity contribution >= 4 is 11.7 Å². The third-order valence-corrected chi connectivity index (χ3v) is 3.47. The van der Waals surface area contributed by atoms with Gasteiger partial charge >= 0.3 is 6.03 Å². The summed E-state index contributed by atoms with van der Waals surface area (Å²) >= 11 is 0. The van der Waals surface area contributed by atoms with E-state index >= 15 is 0 Å².